The van der Waals surface area contributed by atoms with E-state index in [1.807, 2.05) is 47.4 Å². The number of fused-ring (bicyclic) bond motifs is 2. The Morgan fingerprint density at radius 1 is 1.03 bits per heavy atom. The fraction of sp³-hybridized carbons (Fsp3) is 0.333. The van der Waals surface area contributed by atoms with E-state index in [0.29, 0.717) is 37.8 Å². The van der Waals surface area contributed by atoms with Crippen LogP contribution < -0.4 is 9.47 Å². The molecule has 0 bridgehead atoms. The molecule has 1 amide bonds. The average molecular weight is 445 g/mol. The summed E-state index contributed by atoms with van der Waals surface area (Å²) >= 11 is 0. The maximum Gasteiger partial charge on any atom is 0.255 e. The van der Waals surface area contributed by atoms with Crippen LogP contribution in [0.1, 0.15) is 40.0 Å². The molecule has 5 rings (SSSR count). The zero-order valence-corrected chi connectivity index (χ0v) is 19.1. The number of benzene rings is 2. The largest absolute Gasteiger partial charge is 0.493 e. The van der Waals surface area contributed by atoms with Crippen LogP contribution in [-0.2, 0) is 11.2 Å². The lowest BCUT2D eigenvalue weighted by Gasteiger charge is -2.30. The van der Waals surface area contributed by atoms with Crippen LogP contribution >= 0.6 is 0 Å². The number of amides is 1. The van der Waals surface area contributed by atoms with Crippen molar-refractivity contribution >= 4 is 28.5 Å². The number of para-hydroxylation sites is 1. The van der Waals surface area contributed by atoms with Gasteiger partial charge in [-0.3, -0.25) is 4.79 Å². The van der Waals surface area contributed by atoms with E-state index in [4.69, 9.17) is 19.2 Å². The summed E-state index contributed by atoms with van der Waals surface area (Å²) in [5.41, 5.74) is 5.81. The minimum atomic E-state index is 0.0838. The van der Waals surface area contributed by atoms with Gasteiger partial charge in [0.2, 0.25) is 0 Å². The number of pyridine rings is 1. The monoisotopic (exact) mass is 444 g/mol. The van der Waals surface area contributed by atoms with E-state index in [0.717, 1.165) is 58.1 Å². The Morgan fingerprint density at radius 2 is 1.82 bits per heavy atom. The molecule has 0 N–H and O–H groups in total. The quantitative estimate of drug-likeness (QED) is 0.589. The number of methoxy groups -OCH3 is 2. The minimum Gasteiger partial charge on any atom is -0.493 e. The molecule has 1 saturated heterocycles. The van der Waals surface area contributed by atoms with Gasteiger partial charge in [-0.05, 0) is 60.2 Å². The Hall–Kier alpha value is -3.38. The molecule has 1 aliphatic carbocycles. The van der Waals surface area contributed by atoms with Gasteiger partial charge in [-0.2, -0.15) is 0 Å². The molecule has 0 saturated carbocycles. The first-order valence-electron chi connectivity index (χ1n) is 11.4. The van der Waals surface area contributed by atoms with Crippen molar-refractivity contribution in [2.45, 2.75) is 19.3 Å². The van der Waals surface area contributed by atoms with Crippen molar-refractivity contribution in [1.29, 1.82) is 0 Å². The normalized spacial score (nSPS) is 17.2. The van der Waals surface area contributed by atoms with Crippen LogP contribution in [0.25, 0.3) is 22.6 Å². The molecule has 0 spiro atoms. The van der Waals surface area contributed by atoms with Crippen LogP contribution in [0.3, 0.4) is 0 Å². The molecule has 2 aromatic carbocycles. The lowest BCUT2D eigenvalue weighted by molar-refractivity contribution is 0.0303. The van der Waals surface area contributed by atoms with Crippen molar-refractivity contribution in [2.24, 2.45) is 0 Å². The molecule has 6 heteroatoms. The van der Waals surface area contributed by atoms with Gasteiger partial charge in [0.25, 0.3) is 5.91 Å². The molecule has 170 valence electrons. The van der Waals surface area contributed by atoms with Gasteiger partial charge < -0.3 is 19.1 Å². The van der Waals surface area contributed by atoms with Crippen molar-refractivity contribution in [3.05, 3.63) is 64.8 Å². The van der Waals surface area contributed by atoms with Gasteiger partial charge in [0.05, 0.1) is 44.2 Å². The Balaban J connectivity index is 1.64. The summed E-state index contributed by atoms with van der Waals surface area (Å²) in [6.45, 7) is 2.42. The zero-order valence-electron chi connectivity index (χ0n) is 19.1. The summed E-state index contributed by atoms with van der Waals surface area (Å²) in [4.78, 5) is 20.7. The first-order chi connectivity index (χ1) is 16.2. The van der Waals surface area contributed by atoms with Gasteiger partial charge in [0, 0.05) is 18.5 Å². The van der Waals surface area contributed by atoms with Gasteiger partial charge >= 0.3 is 0 Å². The summed E-state index contributed by atoms with van der Waals surface area (Å²) in [6.07, 6.45) is 4.90. The molecule has 0 unspecified atom stereocenters. The van der Waals surface area contributed by atoms with Crippen LogP contribution in [-0.4, -0.2) is 56.3 Å². The molecular weight excluding hydrogens is 416 g/mol. The predicted molar refractivity (Wildman–Crippen MR) is 129 cm³/mol. The maximum absolute atomic E-state index is 13.7. The van der Waals surface area contributed by atoms with E-state index in [9.17, 15) is 4.79 Å². The Labute approximate surface area is 193 Å². The molecule has 1 aromatic heterocycles. The molecule has 6 nitrogen and oxygen atoms in total. The van der Waals surface area contributed by atoms with Crippen molar-refractivity contribution < 1.29 is 19.0 Å². The number of rotatable bonds is 4. The van der Waals surface area contributed by atoms with Gasteiger partial charge in [0.15, 0.2) is 11.5 Å². The summed E-state index contributed by atoms with van der Waals surface area (Å²) < 4.78 is 16.3. The highest BCUT2D eigenvalue weighted by atomic mass is 16.5. The van der Waals surface area contributed by atoms with Crippen molar-refractivity contribution in [2.75, 3.05) is 40.5 Å². The van der Waals surface area contributed by atoms with E-state index >= 15 is 0 Å². The Kier molecular flexibility index (Phi) is 6.01. The summed E-state index contributed by atoms with van der Waals surface area (Å²) in [6, 6.07) is 13.9. The number of nitrogens with zero attached hydrogens (tertiary/aromatic N) is 2. The van der Waals surface area contributed by atoms with Crippen LogP contribution in [0.4, 0.5) is 0 Å². The number of morpholine rings is 1. The van der Waals surface area contributed by atoms with E-state index in [-0.39, 0.29) is 5.91 Å². The molecule has 2 heterocycles. The standard InChI is InChI=1S/C27H28N2O4/c1-31-23-11-10-18(17-24(23)32-2)16-19-6-5-8-21-25(27(30)29-12-14-33-15-13-29)20-7-3-4-9-22(20)28-26(19)21/h3-4,7,9-11,16-17H,5-6,8,12-15H2,1-2H3/b19-16-. The first kappa shape index (κ1) is 21.5. The van der Waals surface area contributed by atoms with Gasteiger partial charge in [-0.1, -0.05) is 24.3 Å². The maximum atomic E-state index is 13.7. The highest BCUT2D eigenvalue weighted by Crippen LogP contribution is 2.37. The molecule has 1 aliphatic heterocycles. The molecule has 3 aromatic rings. The second kappa shape index (κ2) is 9.24. The summed E-state index contributed by atoms with van der Waals surface area (Å²) in [5, 5.41) is 0.931. The molecule has 0 radical (unpaired) electrons. The molecule has 0 atom stereocenters. The van der Waals surface area contributed by atoms with Crippen LogP contribution in [0.2, 0.25) is 0 Å². The van der Waals surface area contributed by atoms with Crippen molar-refractivity contribution in [3.8, 4) is 11.5 Å². The van der Waals surface area contributed by atoms with Crippen LogP contribution in [0.5, 0.6) is 11.5 Å². The third kappa shape index (κ3) is 4.07. The number of carbonyl (C=O) groups excluding carboxylic acids is 1. The van der Waals surface area contributed by atoms with Gasteiger partial charge in [-0.15, -0.1) is 0 Å². The smallest absolute Gasteiger partial charge is 0.255 e. The number of hydrogen-bond acceptors (Lipinski definition) is 5. The van der Waals surface area contributed by atoms with Gasteiger partial charge in [-0.25, -0.2) is 4.98 Å². The third-order valence-electron chi connectivity index (χ3n) is 6.43. The molecule has 2 aliphatic rings. The van der Waals surface area contributed by atoms with E-state index < -0.39 is 0 Å². The number of ether oxygens (including phenoxy) is 3. The van der Waals surface area contributed by atoms with Gasteiger partial charge in [0.1, 0.15) is 0 Å². The van der Waals surface area contributed by atoms with E-state index in [1.165, 1.54) is 0 Å². The number of aromatic nitrogens is 1. The lowest BCUT2D eigenvalue weighted by Crippen LogP contribution is -2.41. The zero-order chi connectivity index (χ0) is 22.8. The number of hydrogen-bond donors (Lipinski definition) is 0. The lowest BCUT2D eigenvalue weighted by atomic mass is 9.85. The highest BCUT2D eigenvalue weighted by Gasteiger charge is 2.28. The van der Waals surface area contributed by atoms with Crippen molar-refractivity contribution in [3.63, 3.8) is 0 Å². The first-order valence-corrected chi connectivity index (χ1v) is 11.4. The predicted octanol–water partition coefficient (Wildman–Crippen LogP) is 4.60. The molecule has 33 heavy (non-hydrogen) atoms. The fourth-order valence-electron chi connectivity index (χ4n) is 4.79. The van der Waals surface area contributed by atoms with E-state index in [2.05, 4.69) is 6.08 Å². The number of allylic oxidation sites excluding steroid dienone is 1. The fourth-order valence-corrected chi connectivity index (χ4v) is 4.79. The Bertz CT molecular complexity index is 1230. The van der Waals surface area contributed by atoms with Crippen LogP contribution in [0, 0.1) is 0 Å². The van der Waals surface area contributed by atoms with E-state index in [1.54, 1.807) is 14.2 Å². The third-order valence-corrected chi connectivity index (χ3v) is 6.43. The molecular formula is C27H28N2O4. The molecule has 1 fully saturated rings. The second-order valence-corrected chi connectivity index (χ2v) is 8.37. The topological polar surface area (TPSA) is 60.9 Å². The SMILES string of the molecule is COc1ccc(/C=C2/CCCc3c2nc2ccccc2c3C(=O)N2CCOCC2)cc1OC. The number of carbonyl (C=O) groups is 1. The average Bonchev–Trinajstić information content (AvgIpc) is 2.87. The highest BCUT2D eigenvalue weighted by molar-refractivity contribution is 6.09. The van der Waals surface area contributed by atoms with Crippen molar-refractivity contribution in [1.82, 2.24) is 9.88 Å². The summed E-state index contributed by atoms with van der Waals surface area (Å²) in [5.74, 6) is 1.48. The Morgan fingerprint density at radius 3 is 2.61 bits per heavy atom. The minimum absolute atomic E-state index is 0.0838. The second-order valence-electron chi connectivity index (χ2n) is 8.37. The van der Waals surface area contributed by atoms with Crippen LogP contribution in [0.15, 0.2) is 42.5 Å². The summed E-state index contributed by atoms with van der Waals surface area (Å²) in [7, 11) is 3.28.